The fraction of sp³-hybridized carbons (Fsp3) is 0.143. The van der Waals surface area contributed by atoms with Gasteiger partial charge in [0.2, 0.25) is 0 Å². The van der Waals surface area contributed by atoms with Gasteiger partial charge < -0.3 is 14.8 Å². The molecule has 1 aromatic heterocycles. The summed E-state index contributed by atoms with van der Waals surface area (Å²) in [5.41, 5.74) is 2.80. The van der Waals surface area contributed by atoms with Crippen LogP contribution in [0.2, 0.25) is 0 Å². The van der Waals surface area contributed by atoms with Gasteiger partial charge in [-0.15, -0.1) is 0 Å². The lowest BCUT2D eigenvalue weighted by Crippen LogP contribution is -2.34. The van der Waals surface area contributed by atoms with Gasteiger partial charge in [0.15, 0.2) is 0 Å². The Kier molecular flexibility index (Phi) is 6.05. The molecule has 2 N–H and O–H groups in total. The molecule has 0 saturated heterocycles. The molecule has 160 valence electrons. The molecule has 3 nitrogen and oxygen atoms in total. The van der Waals surface area contributed by atoms with Gasteiger partial charge in [-0.25, -0.2) is 0 Å². The van der Waals surface area contributed by atoms with Gasteiger partial charge in [0.1, 0.15) is 11.2 Å². The third kappa shape index (κ3) is 4.08. The minimum Gasteiger partial charge on any atom is -0.455 e. The standard InChI is InChI=1S/C28H26NO2P/c1-20(27(30)21-11-4-2-5-12-21)29-19-32(22-13-6-3-7-14-22)26-18-10-16-24-23-15-8-9-17-25(23)31-28(24)26/h2-18,20,27,29-30H,19H2,1H3/t20-,27?,32?/m0/s1. The third-order valence-electron chi connectivity index (χ3n) is 5.93. The first-order chi connectivity index (χ1) is 15.7. The lowest BCUT2D eigenvalue weighted by molar-refractivity contribution is 0.139. The average molecular weight is 439 g/mol. The van der Waals surface area contributed by atoms with Crippen LogP contribution in [-0.2, 0) is 0 Å². The van der Waals surface area contributed by atoms with Crippen molar-refractivity contribution in [1.82, 2.24) is 5.32 Å². The number of rotatable bonds is 7. The Balaban J connectivity index is 1.50. The van der Waals surface area contributed by atoms with E-state index in [4.69, 9.17) is 4.42 Å². The summed E-state index contributed by atoms with van der Waals surface area (Å²) in [5.74, 6) is 0. The van der Waals surface area contributed by atoms with Crippen molar-refractivity contribution in [2.75, 3.05) is 6.29 Å². The van der Waals surface area contributed by atoms with Crippen LogP contribution in [0.1, 0.15) is 18.6 Å². The molecule has 0 spiro atoms. The van der Waals surface area contributed by atoms with E-state index < -0.39 is 14.0 Å². The van der Waals surface area contributed by atoms with Gasteiger partial charge in [0.05, 0.1) is 6.10 Å². The van der Waals surface area contributed by atoms with Crippen LogP contribution in [0, 0.1) is 0 Å². The predicted molar refractivity (Wildman–Crippen MR) is 135 cm³/mol. The highest BCUT2D eigenvalue weighted by atomic mass is 31.1. The van der Waals surface area contributed by atoms with Crippen molar-refractivity contribution < 1.29 is 9.52 Å². The Morgan fingerprint density at radius 2 is 1.44 bits per heavy atom. The summed E-state index contributed by atoms with van der Waals surface area (Å²) in [6.07, 6.45) is 0.187. The van der Waals surface area contributed by atoms with Crippen LogP contribution in [-0.4, -0.2) is 17.4 Å². The number of fused-ring (bicyclic) bond motifs is 3. The van der Waals surface area contributed by atoms with Crippen molar-refractivity contribution in [3.63, 3.8) is 0 Å². The number of aliphatic hydroxyl groups excluding tert-OH is 1. The van der Waals surface area contributed by atoms with Crippen molar-refractivity contribution >= 4 is 40.5 Å². The predicted octanol–water partition coefficient (Wildman–Crippen LogP) is 5.69. The summed E-state index contributed by atoms with van der Waals surface area (Å²) in [7, 11) is -0.730. The number of hydrogen-bond donors (Lipinski definition) is 2. The molecule has 1 heterocycles. The molecule has 0 bridgehead atoms. The van der Waals surface area contributed by atoms with Gasteiger partial charge in [-0.2, -0.15) is 0 Å². The molecule has 0 aliphatic heterocycles. The highest BCUT2D eigenvalue weighted by Gasteiger charge is 2.22. The molecule has 0 aliphatic rings. The van der Waals surface area contributed by atoms with Crippen LogP contribution in [0.25, 0.3) is 21.9 Å². The maximum absolute atomic E-state index is 10.8. The second-order valence-electron chi connectivity index (χ2n) is 8.02. The number of nitrogens with one attached hydrogen (secondary N) is 1. The van der Waals surface area contributed by atoms with E-state index in [0.29, 0.717) is 0 Å². The maximum Gasteiger partial charge on any atom is 0.143 e. The molecule has 4 heteroatoms. The van der Waals surface area contributed by atoms with Gasteiger partial charge in [0.25, 0.3) is 0 Å². The first-order valence-electron chi connectivity index (χ1n) is 10.9. The maximum atomic E-state index is 10.8. The summed E-state index contributed by atoms with van der Waals surface area (Å²) >= 11 is 0. The summed E-state index contributed by atoms with van der Waals surface area (Å²) < 4.78 is 6.35. The largest absolute Gasteiger partial charge is 0.455 e. The van der Waals surface area contributed by atoms with E-state index >= 15 is 0 Å². The highest BCUT2D eigenvalue weighted by molar-refractivity contribution is 7.73. The lowest BCUT2D eigenvalue weighted by Gasteiger charge is -2.25. The molecular formula is C28H26NO2P. The SMILES string of the molecule is C[C@H](NCP(c1ccccc1)c1cccc2c1oc1ccccc12)C(O)c1ccccc1. The van der Waals surface area contributed by atoms with E-state index in [0.717, 1.165) is 33.8 Å². The molecular weight excluding hydrogens is 413 g/mol. The van der Waals surface area contributed by atoms with Crippen molar-refractivity contribution in [1.29, 1.82) is 0 Å². The van der Waals surface area contributed by atoms with Crippen molar-refractivity contribution in [2.45, 2.75) is 19.1 Å². The molecule has 0 amide bonds. The van der Waals surface area contributed by atoms with E-state index in [9.17, 15) is 5.11 Å². The summed E-state index contributed by atoms with van der Waals surface area (Å²) in [6.45, 7) is 2.04. The molecule has 5 aromatic rings. The van der Waals surface area contributed by atoms with Gasteiger partial charge in [-0.05, 0) is 31.8 Å². The molecule has 32 heavy (non-hydrogen) atoms. The Bertz CT molecular complexity index is 1320. The summed E-state index contributed by atoms with van der Waals surface area (Å²) in [5, 5.41) is 19.2. The molecule has 0 radical (unpaired) electrons. The van der Waals surface area contributed by atoms with E-state index in [1.807, 2.05) is 55.5 Å². The fourth-order valence-corrected chi connectivity index (χ4v) is 6.47. The Labute approximate surface area is 189 Å². The zero-order chi connectivity index (χ0) is 21.9. The Morgan fingerprint density at radius 1 is 0.781 bits per heavy atom. The van der Waals surface area contributed by atoms with Crippen LogP contribution in [0.3, 0.4) is 0 Å². The van der Waals surface area contributed by atoms with Gasteiger partial charge in [0, 0.05) is 28.4 Å². The number of furan rings is 1. The Hall–Kier alpha value is -2.97. The van der Waals surface area contributed by atoms with E-state index in [1.54, 1.807) is 0 Å². The monoisotopic (exact) mass is 439 g/mol. The molecule has 0 saturated carbocycles. The molecule has 4 aromatic carbocycles. The van der Waals surface area contributed by atoms with Crippen LogP contribution >= 0.6 is 7.92 Å². The number of benzene rings is 4. The quantitative estimate of drug-likeness (QED) is 0.320. The second-order valence-corrected chi connectivity index (χ2v) is 10.2. The third-order valence-corrected chi connectivity index (χ3v) is 8.28. The van der Waals surface area contributed by atoms with Gasteiger partial charge in [-0.3, -0.25) is 0 Å². The van der Waals surface area contributed by atoms with Crippen molar-refractivity contribution in [3.05, 3.63) is 109 Å². The van der Waals surface area contributed by atoms with Crippen LogP contribution in [0.5, 0.6) is 0 Å². The van der Waals surface area contributed by atoms with E-state index in [1.165, 1.54) is 10.6 Å². The molecule has 5 rings (SSSR count). The second kappa shape index (κ2) is 9.26. The summed E-state index contributed by atoms with van der Waals surface area (Å²) in [6, 6.07) is 35.0. The highest BCUT2D eigenvalue weighted by Crippen LogP contribution is 2.38. The fourth-order valence-electron chi connectivity index (χ4n) is 4.15. The smallest absolute Gasteiger partial charge is 0.143 e. The zero-order valence-corrected chi connectivity index (χ0v) is 18.9. The molecule has 0 fully saturated rings. The van der Waals surface area contributed by atoms with Crippen LogP contribution in [0.4, 0.5) is 0 Å². The van der Waals surface area contributed by atoms with Crippen molar-refractivity contribution in [2.24, 2.45) is 0 Å². The zero-order valence-electron chi connectivity index (χ0n) is 18.0. The normalized spacial score (nSPS) is 14.4. The van der Waals surface area contributed by atoms with E-state index in [-0.39, 0.29) is 6.04 Å². The molecule has 2 unspecified atom stereocenters. The van der Waals surface area contributed by atoms with Crippen LogP contribution in [0.15, 0.2) is 108 Å². The average Bonchev–Trinajstić information content (AvgIpc) is 3.24. The number of aliphatic hydroxyl groups is 1. The lowest BCUT2D eigenvalue weighted by atomic mass is 10.0. The van der Waals surface area contributed by atoms with Crippen molar-refractivity contribution in [3.8, 4) is 0 Å². The minimum absolute atomic E-state index is 0.0824. The first-order valence-corrected chi connectivity index (χ1v) is 12.4. The van der Waals surface area contributed by atoms with Crippen LogP contribution < -0.4 is 15.9 Å². The topological polar surface area (TPSA) is 45.4 Å². The molecule has 0 aliphatic carbocycles. The minimum atomic E-state index is -0.730. The van der Waals surface area contributed by atoms with Gasteiger partial charge in [-0.1, -0.05) is 97.1 Å². The van der Waals surface area contributed by atoms with Gasteiger partial charge >= 0.3 is 0 Å². The summed E-state index contributed by atoms with van der Waals surface area (Å²) in [4.78, 5) is 0. The number of para-hydroxylation sites is 2. The Morgan fingerprint density at radius 3 is 2.22 bits per heavy atom. The first kappa shape index (κ1) is 20.9. The molecule has 3 atom stereocenters. The van der Waals surface area contributed by atoms with E-state index in [2.05, 4.69) is 59.9 Å². The number of hydrogen-bond acceptors (Lipinski definition) is 3.